The highest BCUT2D eigenvalue weighted by Gasteiger charge is 2.26. The topological polar surface area (TPSA) is 60.9 Å². The van der Waals surface area contributed by atoms with Crippen molar-refractivity contribution in [1.29, 1.82) is 0 Å². The lowest BCUT2D eigenvalue weighted by Gasteiger charge is -2.24. The number of ether oxygens (including phenoxy) is 3. The Hall–Kier alpha value is -2.61. The third kappa shape index (κ3) is 5.16. The van der Waals surface area contributed by atoms with Crippen LogP contribution in [0.2, 0.25) is 5.02 Å². The molecule has 0 aliphatic carbocycles. The van der Waals surface area contributed by atoms with Gasteiger partial charge in [0.2, 0.25) is 0 Å². The Morgan fingerprint density at radius 1 is 1.21 bits per heavy atom. The van der Waals surface area contributed by atoms with Gasteiger partial charge in [-0.2, -0.15) is 0 Å². The van der Waals surface area contributed by atoms with E-state index in [1.165, 1.54) is 11.3 Å². The summed E-state index contributed by atoms with van der Waals surface area (Å²) >= 11 is 7.60. The molecule has 6 nitrogen and oxygen atoms in total. The van der Waals surface area contributed by atoms with E-state index in [9.17, 15) is 4.79 Å². The molecule has 1 atom stereocenters. The number of carbonyl (C=O) groups is 1. The van der Waals surface area contributed by atoms with Crippen LogP contribution in [0.5, 0.6) is 11.5 Å². The van der Waals surface area contributed by atoms with E-state index in [2.05, 4.69) is 11.1 Å². The molecule has 2 aliphatic heterocycles. The van der Waals surface area contributed by atoms with Crippen molar-refractivity contribution >= 4 is 28.8 Å². The van der Waals surface area contributed by atoms with Gasteiger partial charge in [0, 0.05) is 23.7 Å². The number of hydrogen-bond acceptors (Lipinski definition) is 6. The van der Waals surface area contributed by atoms with Crippen LogP contribution in [0, 0.1) is 0 Å². The van der Waals surface area contributed by atoms with Crippen LogP contribution in [-0.2, 0) is 11.3 Å². The third-order valence-electron chi connectivity index (χ3n) is 5.89. The zero-order valence-corrected chi connectivity index (χ0v) is 19.7. The SMILES string of the molecule is O=C(c1cncs1)N1CCOc2c(cc(-c3cccc(Cl)c3)cc2OC[C@H]2CCCCO2)C1. The Kier molecular flexibility index (Phi) is 6.80. The Morgan fingerprint density at radius 2 is 2.15 bits per heavy atom. The Labute approximate surface area is 202 Å². The van der Waals surface area contributed by atoms with Gasteiger partial charge >= 0.3 is 0 Å². The van der Waals surface area contributed by atoms with E-state index < -0.39 is 0 Å². The molecule has 0 unspecified atom stereocenters. The van der Waals surface area contributed by atoms with Crippen LogP contribution in [0.25, 0.3) is 11.1 Å². The molecule has 3 aromatic rings. The van der Waals surface area contributed by atoms with Gasteiger partial charge in [0.05, 0.1) is 24.4 Å². The van der Waals surface area contributed by atoms with Crippen molar-refractivity contribution in [3.8, 4) is 22.6 Å². The highest BCUT2D eigenvalue weighted by molar-refractivity contribution is 7.11. The minimum atomic E-state index is -0.0415. The monoisotopic (exact) mass is 484 g/mol. The Bertz CT molecular complexity index is 1120. The molecule has 2 aliphatic rings. The number of nitrogens with zero attached hydrogens (tertiary/aromatic N) is 2. The van der Waals surface area contributed by atoms with Crippen molar-refractivity contribution in [2.45, 2.75) is 31.9 Å². The first-order chi connectivity index (χ1) is 16.2. The van der Waals surface area contributed by atoms with Crippen LogP contribution in [0.4, 0.5) is 0 Å². The van der Waals surface area contributed by atoms with Gasteiger partial charge in [-0.1, -0.05) is 23.7 Å². The lowest BCUT2D eigenvalue weighted by molar-refractivity contribution is -0.0115. The van der Waals surface area contributed by atoms with E-state index in [0.29, 0.717) is 47.7 Å². The second-order valence-electron chi connectivity index (χ2n) is 8.21. The molecule has 33 heavy (non-hydrogen) atoms. The summed E-state index contributed by atoms with van der Waals surface area (Å²) in [6, 6.07) is 11.8. The van der Waals surface area contributed by atoms with Crippen molar-refractivity contribution in [2.24, 2.45) is 0 Å². The highest BCUT2D eigenvalue weighted by atomic mass is 35.5. The lowest BCUT2D eigenvalue weighted by atomic mass is 10.0. The maximum absolute atomic E-state index is 13.0. The van der Waals surface area contributed by atoms with Gasteiger partial charge in [0.1, 0.15) is 18.1 Å². The first-order valence-electron chi connectivity index (χ1n) is 11.2. The van der Waals surface area contributed by atoms with Gasteiger partial charge in [-0.25, -0.2) is 0 Å². The van der Waals surface area contributed by atoms with Gasteiger partial charge < -0.3 is 19.1 Å². The summed E-state index contributed by atoms with van der Waals surface area (Å²) in [7, 11) is 0. The van der Waals surface area contributed by atoms with Crippen molar-refractivity contribution in [1.82, 2.24) is 9.88 Å². The van der Waals surface area contributed by atoms with E-state index >= 15 is 0 Å². The van der Waals surface area contributed by atoms with Crippen molar-refractivity contribution in [3.63, 3.8) is 0 Å². The quantitative estimate of drug-likeness (QED) is 0.482. The zero-order valence-electron chi connectivity index (χ0n) is 18.2. The predicted molar refractivity (Wildman–Crippen MR) is 128 cm³/mol. The van der Waals surface area contributed by atoms with Crippen molar-refractivity contribution in [3.05, 3.63) is 63.6 Å². The fraction of sp³-hybridized carbons (Fsp3) is 0.360. The summed E-state index contributed by atoms with van der Waals surface area (Å²) in [5, 5.41) is 0.666. The summed E-state index contributed by atoms with van der Waals surface area (Å²) in [6.07, 6.45) is 4.94. The average Bonchev–Trinajstić information content (AvgIpc) is 3.29. The van der Waals surface area contributed by atoms with Crippen LogP contribution in [-0.4, -0.2) is 48.3 Å². The van der Waals surface area contributed by atoms with Crippen LogP contribution >= 0.6 is 22.9 Å². The van der Waals surface area contributed by atoms with Crippen molar-refractivity contribution in [2.75, 3.05) is 26.4 Å². The number of carbonyl (C=O) groups excluding carboxylic acids is 1. The number of thiazole rings is 1. The molecule has 0 spiro atoms. The molecular formula is C25H25ClN2O4S. The Morgan fingerprint density at radius 3 is 2.94 bits per heavy atom. The van der Waals surface area contributed by atoms with Crippen molar-refractivity contribution < 1.29 is 19.0 Å². The highest BCUT2D eigenvalue weighted by Crippen LogP contribution is 2.39. The number of rotatable bonds is 5. The van der Waals surface area contributed by atoms with E-state index in [4.69, 9.17) is 25.8 Å². The van der Waals surface area contributed by atoms with Gasteiger partial charge in [0.25, 0.3) is 5.91 Å². The molecule has 1 aromatic heterocycles. The van der Waals surface area contributed by atoms with E-state index in [1.54, 1.807) is 16.6 Å². The molecule has 0 saturated carbocycles. The molecule has 1 amide bonds. The minimum Gasteiger partial charge on any atom is -0.487 e. The number of hydrogen-bond donors (Lipinski definition) is 0. The maximum Gasteiger partial charge on any atom is 0.265 e. The first kappa shape index (κ1) is 22.2. The molecule has 0 bridgehead atoms. The Balaban J connectivity index is 1.48. The summed E-state index contributed by atoms with van der Waals surface area (Å²) in [5.74, 6) is 1.32. The standard InChI is InChI=1S/C25H25ClN2O4S/c26-20-5-3-4-17(11-20)18-10-19-14-28(25(29)23-13-27-16-33-23)7-9-31-24(19)22(12-18)32-15-21-6-1-2-8-30-21/h3-5,10-13,16,21H,1-2,6-9,14-15H2/t21-/m1/s1. The number of amides is 1. The lowest BCUT2D eigenvalue weighted by Crippen LogP contribution is -2.31. The molecule has 3 heterocycles. The fourth-order valence-electron chi connectivity index (χ4n) is 4.20. The van der Waals surface area contributed by atoms with Gasteiger partial charge in [-0.05, 0) is 54.7 Å². The smallest absolute Gasteiger partial charge is 0.265 e. The summed E-state index contributed by atoms with van der Waals surface area (Å²) in [5.41, 5.74) is 4.52. The largest absolute Gasteiger partial charge is 0.487 e. The fourth-order valence-corrected chi connectivity index (χ4v) is 4.98. The molecule has 1 fully saturated rings. The third-order valence-corrected chi connectivity index (χ3v) is 6.88. The molecule has 0 N–H and O–H groups in total. The van der Waals surface area contributed by atoms with Gasteiger partial charge in [-0.3, -0.25) is 9.78 Å². The van der Waals surface area contributed by atoms with Crippen LogP contribution < -0.4 is 9.47 Å². The summed E-state index contributed by atoms with van der Waals surface area (Å²) in [6.45, 7) is 2.56. The first-order valence-corrected chi connectivity index (χ1v) is 12.4. The van der Waals surface area contributed by atoms with E-state index in [-0.39, 0.29) is 12.0 Å². The zero-order chi connectivity index (χ0) is 22.6. The van der Waals surface area contributed by atoms with Gasteiger partial charge in [-0.15, -0.1) is 11.3 Å². The summed E-state index contributed by atoms with van der Waals surface area (Å²) in [4.78, 5) is 19.5. The summed E-state index contributed by atoms with van der Waals surface area (Å²) < 4.78 is 18.2. The second-order valence-corrected chi connectivity index (χ2v) is 9.54. The molecule has 8 heteroatoms. The normalized spacial score (nSPS) is 18.2. The molecule has 0 radical (unpaired) electrons. The molecule has 5 rings (SSSR count). The number of aromatic nitrogens is 1. The van der Waals surface area contributed by atoms with Gasteiger partial charge in [0.15, 0.2) is 11.5 Å². The average molecular weight is 485 g/mol. The van der Waals surface area contributed by atoms with Crippen LogP contribution in [0.1, 0.15) is 34.5 Å². The molecule has 2 aromatic carbocycles. The van der Waals surface area contributed by atoms with Crippen LogP contribution in [0.15, 0.2) is 48.1 Å². The second kappa shape index (κ2) is 10.1. The predicted octanol–water partition coefficient (Wildman–Crippen LogP) is 5.45. The van der Waals surface area contributed by atoms with E-state index in [0.717, 1.165) is 42.6 Å². The number of halogens is 1. The molecule has 172 valence electrons. The van der Waals surface area contributed by atoms with E-state index in [1.807, 2.05) is 30.3 Å². The van der Waals surface area contributed by atoms with Crippen LogP contribution in [0.3, 0.4) is 0 Å². The molecular weight excluding hydrogens is 460 g/mol. The number of fused-ring (bicyclic) bond motifs is 1. The number of benzene rings is 2. The maximum atomic E-state index is 13.0. The minimum absolute atomic E-state index is 0.0415. The molecule has 1 saturated heterocycles.